The van der Waals surface area contributed by atoms with Crippen molar-refractivity contribution < 1.29 is 9.53 Å². The highest BCUT2D eigenvalue weighted by molar-refractivity contribution is 5.94. The van der Waals surface area contributed by atoms with Crippen molar-refractivity contribution in [2.45, 2.75) is 12.5 Å². The second-order valence-electron chi connectivity index (χ2n) is 5.08. The highest BCUT2D eigenvalue weighted by Crippen LogP contribution is 2.18. The molecule has 1 atom stereocenters. The fourth-order valence-electron chi connectivity index (χ4n) is 2.84. The molecule has 0 spiro atoms. The van der Waals surface area contributed by atoms with Crippen LogP contribution in [0.15, 0.2) is 24.5 Å². The van der Waals surface area contributed by atoms with Crippen LogP contribution in [0, 0.1) is 0 Å². The molecular weight excluding hydrogens is 242 g/mol. The van der Waals surface area contributed by atoms with Crippen molar-refractivity contribution in [1.29, 1.82) is 0 Å². The summed E-state index contributed by atoms with van der Waals surface area (Å²) in [5.74, 6) is 0.123. The monoisotopic (exact) mass is 261 g/mol. The Kier molecular flexibility index (Phi) is 3.75. The van der Waals surface area contributed by atoms with Gasteiger partial charge in [-0.3, -0.25) is 14.7 Å². The van der Waals surface area contributed by atoms with Gasteiger partial charge in [-0.2, -0.15) is 0 Å². The molecule has 2 saturated heterocycles. The van der Waals surface area contributed by atoms with Crippen LogP contribution in [0.2, 0.25) is 0 Å². The summed E-state index contributed by atoms with van der Waals surface area (Å²) < 4.78 is 5.37. The van der Waals surface area contributed by atoms with Crippen molar-refractivity contribution in [2.75, 3.05) is 39.4 Å². The molecule has 3 rings (SSSR count). The number of hydrogen-bond acceptors (Lipinski definition) is 4. The molecule has 0 saturated carbocycles. The fraction of sp³-hybridized carbons (Fsp3) is 0.571. The molecular formula is C14H19N3O2. The summed E-state index contributed by atoms with van der Waals surface area (Å²) in [6.45, 7) is 5.29. The minimum absolute atomic E-state index is 0.123. The number of nitrogens with zero attached hydrogens (tertiary/aromatic N) is 3. The average molecular weight is 261 g/mol. The van der Waals surface area contributed by atoms with Crippen LogP contribution in [-0.4, -0.2) is 66.1 Å². The van der Waals surface area contributed by atoms with Gasteiger partial charge in [-0.15, -0.1) is 0 Å². The molecule has 0 aliphatic carbocycles. The van der Waals surface area contributed by atoms with Gasteiger partial charge in [-0.1, -0.05) is 0 Å². The third-order valence-electron chi connectivity index (χ3n) is 3.94. The van der Waals surface area contributed by atoms with E-state index in [1.165, 1.54) is 0 Å². The number of amides is 1. The summed E-state index contributed by atoms with van der Waals surface area (Å²) in [6, 6.07) is 4.06. The molecule has 5 nitrogen and oxygen atoms in total. The number of carbonyl (C=O) groups excluding carboxylic acids is 1. The lowest BCUT2D eigenvalue weighted by atomic mass is 10.2. The molecule has 2 aliphatic rings. The molecule has 102 valence electrons. The number of likely N-dealkylation sites (tertiary alicyclic amines) is 1. The van der Waals surface area contributed by atoms with Crippen molar-refractivity contribution >= 4 is 5.91 Å². The summed E-state index contributed by atoms with van der Waals surface area (Å²) in [7, 11) is 0. The standard InChI is InChI=1S/C14H19N3O2/c18-14(12-1-4-15-5-2-12)17-6-3-13(11-17)16-7-9-19-10-8-16/h1-2,4-5,13H,3,6-11H2. The normalized spacial score (nSPS) is 24.6. The predicted molar refractivity (Wildman–Crippen MR) is 70.9 cm³/mol. The van der Waals surface area contributed by atoms with Crippen LogP contribution in [0.3, 0.4) is 0 Å². The largest absolute Gasteiger partial charge is 0.379 e. The van der Waals surface area contributed by atoms with E-state index in [0.29, 0.717) is 6.04 Å². The molecule has 0 N–H and O–H groups in total. The number of rotatable bonds is 2. The van der Waals surface area contributed by atoms with Crippen molar-refractivity contribution in [3.05, 3.63) is 30.1 Å². The highest BCUT2D eigenvalue weighted by Gasteiger charge is 2.31. The van der Waals surface area contributed by atoms with E-state index in [9.17, 15) is 4.79 Å². The van der Waals surface area contributed by atoms with Crippen LogP contribution >= 0.6 is 0 Å². The molecule has 5 heteroatoms. The first-order valence-electron chi connectivity index (χ1n) is 6.86. The zero-order valence-corrected chi connectivity index (χ0v) is 11.0. The highest BCUT2D eigenvalue weighted by atomic mass is 16.5. The van der Waals surface area contributed by atoms with Gasteiger partial charge in [-0.05, 0) is 18.6 Å². The van der Waals surface area contributed by atoms with E-state index < -0.39 is 0 Å². The Morgan fingerprint density at radius 1 is 1.21 bits per heavy atom. The van der Waals surface area contributed by atoms with Crippen LogP contribution in [-0.2, 0) is 4.74 Å². The van der Waals surface area contributed by atoms with Crippen LogP contribution in [0.25, 0.3) is 0 Å². The number of pyridine rings is 1. The number of carbonyl (C=O) groups is 1. The van der Waals surface area contributed by atoms with E-state index >= 15 is 0 Å². The molecule has 2 aliphatic heterocycles. The van der Waals surface area contributed by atoms with E-state index in [-0.39, 0.29) is 5.91 Å². The molecule has 0 radical (unpaired) electrons. The first kappa shape index (κ1) is 12.6. The molecule has 2 fully saturated rings. The van der Waals surface area contributed by atoms with Crippen molar-refractivity contribution in [1.82, 2.24) is 14.8 Å². The molecule has 1 aromatic heterocycles. The summed E-state index contributed by atoms with van der Waals surface area (Å²) in [5, 5.41) is 0. The van der Waals surface area contributed by atoms with Gasteiger partial charge < -0.3 is 9.64 Å². The Balaban J connectivity index is 1.61. The number of morpholine rings is 1. The maximum atomic E-state index is 12.3. The van der Waals surface area contributed by atoms with Crippen LogP contribution in [0.1, 0.15) is 16.8 Å². The van der Waals surface area contributed by atoms with E-state index in [4.69, 9.17) is 4.74 Å². The number of ether oxygens (including phenoxy) is 1. The third kappa shape index (κ3) is 2.77. The van der Waals surface area contributed by atoms with Crippen molar-refractivity contribution in [3.8, 4) is 0 Å². The Labute approximate surface area is 113 Å². The first-order chi connectivity index (χ1) is 9.34. The molecule has 0 aromatic carbocycles. The van der Waals surface area contributed by atoms with Crippen molar-refractivity contribution in [3.63, 3.8) is 0 Å². The van der Waals surface area contributed by atoms with Crippen LogP contribution < -0.4 is 0 Å². The number of hydrogen-bond donors (Lipinski definition) is 0. The van der Waals surface area contributed by atoms with Gasteiger partial charge in [-0.25, -0.2) is 0 Å². The van der Waals surface area contributed by atoms with Gasteiger partial charge in [0.1, 0.15) is 0 Å². The Bertz CT molecular complexity index is 432. The van der Waals surface area contributed by atoms with E-state index in [1.807, 2.05) is 4.90 Å². The predicted octanol–water partition coefficient (Wildman–Crippen LogP) is 0.628. The fourth-order valence-corrected chi connectivity index (χ4v) is 2.84. The summed E-state index contributed by atoms with van der Waals surface area (Å²) in [5.41, 5.74) is 0.734. The zero-order chi connectivity index (χ0) is 13.1. The SMILES string of the molecule is O=C(c1ccncc1)N1CCC(N2CCOCC2)C1. The van der Waals surface area contributed by atoms with Gasteiger partial charge in [0.2, 0.25) is 0 Å². The molecule has 1 aromatic rings. The lowest BCUT2D eigenvalue weighted by molar-refractivity contribution is 0.0185. The topological polar surface area (TPSA) is 45.7 Å². The van der Waals surface area contributed by atoms with Crippen LogP contribution in [0.4, 0.5) is 0 Å². The molecule has 0 bridgehead atoms. The minimum atomic E-state index is 0.123. The quantitative estimate of drug-likeness (QED) is 0.783. The second-order valence-corrected chi connectivity index (χ2v) is 5.08. The van der Waals surface area contributed by atoms with Gasteiger partial charge in [0.25, 0.3) is 5.91 Å². The van der Waals surface area contributed by atoms with Gasteiger partial charge in [0, 0.05) is 50.2 Å². The molecule has 3 heterocycles. The van der Waals surface area contributed by atoms with Gasteiger partial charge in [0.15, 0.2) is 0 Å². The van der Waals surface area contributed by atoms with E-state index in [0.717, 1.165) is 51.4 Å². The van der Waals surface area contributed by atoms with Gasteiger partial charge >= 0.3 is 0 Å². The third-order valence-corrected chi connectivity index (χ3v) is 3.94. The number of aromatic nitrogens is 1. The lowest BCUT2D eigenvalue weighted by Crippen LogP contribution is -2.45. The first-order valence-corrected chi connectivity index (χ1v) is 6.86. The zero-order valence-electron chi connectivity index (χ0n) is 11.0. The second kappa shape index (κ2) is 5.67. The van der Waals surface area contributed by atoms with E-state index in [1.54, 1.807) is 24.5 Å². The maximum Gasteiger partial charge on any atom is 0.254 e. The van der Waals surface area contributed by atoms with Crippen LogP contribution in [0.5, 0.6) is 0 Å². The molecule has 1 unspecified atom stereocenters. The van der Waals surface area contributed by atoms with Gasteiger partial charge in [0.05, 0.1) is 13.2 Å². The average Bonchev–Trinajstić information content (AvgIpc) is 2.98. The Morgan fingerprint density at radius 3 is 2.68 bits per heavy atom. The maximum absolute atomic E-state index is 12.3. The molecule has 19 heavy (non-hydrogen) atoms. The Morgan fingerprint density at radius 2 is 1.95 bits per heavy atom. The summed E-state index contributed by atoms with van der Waals surface area (Å²) in [6.07, 6.45) is 4.41. The Hall–Kier alpha value is -1.46. The smallest absolute Gasteiger partial charge is 0.254 e. The van der Waals surface area contributed by atoms with Crippen molar-refractivity contribution in [2.24, 2.45) is 0 Å². The molecule has 1 amide bonds. The summed E-state index contributed by atoms with van der Waals surface area (Å²) >= 11 is 0. The van der Waals surface area contributed by atoms with E-state index in [2.05, 4.69) is 9.88 Å². The minimum Gasteiger partial charge on any atom is -0.379 e. The summed E-state index contributed by atoms with van der Waals surface area (Å²) in [4.78, 5) is 20.7. The lowest BCUT2D eigenvalue weighted by Gasteiger charge is -2.32.